The molecule has 0 aliphatic carbocycles. The number of unbranched alkanes of at least 4 members (excludes halogenated alkanes) is 1. The summed E-state index contributed by atoms with van der Waals surface area (Å²) in [6.45, 7) is 8.19. The Morgan fingerprint density at radius 2 is 2.15 bits per heavy atom. The largest absolute Gasteiger partial charge is 0.330 e. The van der Waals surface area contributed by atoms with E-state index >= 15 is 0 Å². The number of allylic oxidation sites excluding steroid dienone is 1. The molecule has 0 radical (unpaired) electrons. The summed E-state index contributed by atoms with van der Waals surface area (Å²) in [6.07, 6.45) is 4.32. The number of rotatable bonds is 7. The van der Waals surface area contributed by atoms with Crippen molar-refractivity contribution in [2.45, 2.75) is 33.1 Å². The van der Waals surface area contributed by atoms with Crippen molar-refractivity contribution in [3.8, 4) is 0 Å². The van der Waals surface area contributed by atoms with Gasteiger partial charge in [0.2, 0.25) is 0 Å². The van der Waals surface area contributed by atoms with Crippen molar-refractivity contribution in [2.24, 2.45) is 17.6 Å². The molecule has 0 saturated heterocycles. The summed E-state index contributed by atoms with van der Waals surface area (Å²) in [6, 6.07) is 0. The summed E-state index contributed by atoms with van der Waals surface area (Å²) < 4.78 is 0. The number of ketones is 1. The highest BCUT2D eigenvalue weighted by atomic mass is 16.1. The molecule has 0 bridgehead atoms. The molecule has 0 spiro atoms. The van der Waals surface area contributed by atoms with Crippen LogP contribution in [0.1, 0.15) is 33.1 Å². The van der Waals surface area contributed by atoms with Crippen LogP contribution in [0.4, 0.5) is 0 Å². The van der Waals surface area contributed by atoms with Crippen LogP contribution in [0.2, 0.25) is 0 Å². The van der Waals surface area contributed by atoms with E-state index in [1.807, 2.05) is 19.9 Å². The Kier molecular flexibility index (Phi) is 6.51. The van der Waals surface area contributed by atoms with Gasteiger partial charge in [0.15, 0.2) is 0 Å². The third kappa shape index (κ3) is 4.83. The quantitative estimate of drug-likeness (QED) is 0.485. The minimum Gasteiger partial charge on any atom is -0.330 e. The van der Waals surface area contributed by atoms with Crippen LogP contribution in [0, 0.1) is 11.8 Å². The predicted molar refractivity (Wildman–Crippen MR) is 56.4 cm³/mol. The van der Waals surface area contributed by atoms with Crippen molar-refractivity contribution >= 4 is 5.78 Å². The molecule has 0 aromatic carbocycles. The molecule has 0 aromatic heterocycles. The van der Waals surface area contributed by atoms with Crippen LogP contribution >= 0.6 is 0 Å². The minimum atomic E-state index is 0.0461. The first kappa shape index (κ1) is 12.4. The van der Waals surface area contributed by atoms with Gasteiger partial charge < -0.3 is 5.73 Å². The lowest BCUT2D eigenvalue weighted by Gasteiger charge is -2.16. The molecular weight excluding hydrogens is 162 g/mol. The molecular formula is C11H21NO. The van der Waals surface area contributed by atoms with Crippen molar-refractivity contribution in [3.05, 3.63) is 12.7 Å². The van der Waals surface area contributed by atoms with Gasteiger partial charge in [-0.05, 0) is 18.8 Å². The Morgan fingerprint density at radius 1 is 1.54 bits per heavy atom. The molecule has 0 aliphatic rings. The van der Waals surface area contributed by atoms with E-state index in [9.17, 15) is 4.79 Å². The number of hydrogen-bond acceptors (Lipinski definition) is 2. The van der Waals surface area contributed by atoms with E-state index < -0.39 is 0 Å². The zero-order valence-electron chi connectivity index (χ0n) is 8.75. The van der Waals surface area contributed by atoms with Crippen molar-refractivity contribution in [1.82, 2.24) is 0 Å². The van der Waals surface area contributed by atoms with E-state index in [4.69, 9.17) is 5.73 Å². The summed E-state index contributed by atoms with van der Waals surface area (Å²) in [5.74, 6) is 0.713. The van der Waals surface area contributed by atoms with Crippen LogP contribution in [0.25, 0.3) is 0 Å². The van der Waals surface area contributed by atoms with Crippen LogP contribution in [0.5, 0.6) is 0 Å². The first-order valence-electron chi connectivity index (χ1n) is 4.97. The predicted octanol–water partition coefficient (Wildman–Crippen LogP) is 2.14. The number of carbonyl (C=O) groups excluding carboxylic acids is 1. The summed E-state index contributed by atoms with van der Waals surface area (Å²) in [5, 5.41) is 0. The van der Waals surface area contributed by atoms with Gasteiger partial charge in [-0.1, -0.05) is 19.9 Å². The van der Waals surface area contributed by atoms with Gasteiger partial charge in [0.05, 0.1) is 0 Å². The molecule has 0 fully saturated rings. The first-order valence-corrected chi connectivity index (χ1v) is 4.97. The van der Waals surface area contributed by atoms with Gasteiger partial charge in [0, 0.05) is 18.9 Å². The average molecular weight is 183 g/mol. The molecule has 2 N–H and O–H groups in total. The zero-order chi connectivity index (χ0) is 10.3. The van der Waals surface area contributed by atoms with Crippen LogP contribution in [-0.4, -0.2) is 12.3 Å². The van der Waals surface area contributed by atoms with Crippen molar-refractivity contribution in [2.75, 3.05) is 6.54 Å². The standard InChI is InChI=1S/C11H21NO/c1-4-5-6-7-11(13)10(8-12)9(2)3/h4,9-10H,1,5-8,12H2,2-3H3. The van der Waals surface area contributed by atoms with Crippen molar-refractivity contribution in [1.29, 1.82) is 0 Å². The molecule has 2 nitrogen and oxygen atoms in total. The molecule has 0 aliphatic heterocycles. The second kappa shape index (κ2) is 6.84. The van der Waals surface area contributed by atoms with Crippen molar-refractivity contribution < 1.29 is 4.79 Å². The lowest BCUT2D eigenvalue weighted by molar-refractivity contribution is -0.123. The van der Waals surface area contributed by atoms with E-state index in [1.54, 1.807) is 0 Å². The van der Waals surface area contributed by atoms with Crippen LogP contribution in [0.3, 0.4) is 0 Å². The zero-order valence-corrected chi connectivity index (χ0v) is 8.75. The molecule has 0 amide bonds. The first-order chi connectivity index (χ1) is 6.13. The number of carbonyl (C=O) groups is 1. The second-order valence-corrected chi connectivity index (χ2v) is 3.73. The number of Topliss-reactive ketones (excluding diaryl/α,β-unsaturated/α-hetero) is 1. The van der Waals surface area contributed by atoms with Crippen LogP contribution in [0.15, 0.2) is 12.7 Å². The van der Waals surface area contributed by atoms with E-state index in [0.29, 0.717) is 24.7 Å². The SMILES string of the molecule is C=CCCCC(=O)C(CN)C(C)C. The Hall–Kier alpha value is -0.630. The van der Waals surface area contributed by atoms with E-state index in [1.165, 1.54) is 0 Å². The van der Waals surface area contributed by atoms with Gasteiger partial charge in [-0.3, -0.25) is 4.79 Å². The van der Waals surface area contributed by atoms with Gasteiger partial charge in [0.1, 0.15) is 5.78 Å². The maximum Gasteiger partial charge on any atom is 0.137 e. The summed E-state index contributed by atoms with van der Waals surface area (Å²) in [4.78, 5) is 11.6. The third-order valence-electron chi connectivity index (χ3n) is 2.30. The van der Waals surface area contributed by atoms with Crippen LogP contribution in [-0.2, 0) is 4.79 Å². The maximum absolute atomic E-state index is 11.6. The second-order valence-electron chi connectivity index (χ2n) is 3.73. The molecule has 0 heterocycles. The van der Waals surface area contributed by atoms with Crippen molar-refractivity contribution in [3.63, 3.8) is 0 Å². The smallest absolute Gasteiger partial charge is 0.137 e. The van der Waals surface area contributed by atoms with E-state index in [-0.39, 0.29) is 5.92 Å². The van der Waals surface area contributed by atoms with E-state index in [0.717, 1.165) is 12.8 Å². The highest BCUT2D eigenvalue weighted by molar-refractivity contribution is 5.81. The van der Waals surface area contributed by atoms with E-state index in [2.05, 4.69) is 6.58 Å². The molecule has 1 atom stereocenters. The maximum atomic E-state index is 11.6. The minimum absolute atomic E-state index is 0.0461. The normalized spacial score (nSPS) is 12.9. The van der Waals surface area contributed by atoms with Gasteiger partial charge in [0.25, 0.3) is 0 Å². The van der Waals surface area contributed by atoms with Gasteiger partial charge >= 0.3 is 0 Å². The van der Waals surface area contributed by atoms with Gasteiger partial charge in [-0.2, -0.15) is 0 Å². The van der Waals surface area contributed by atoms with Gasteiger partial charge in [-0.25, -0.2) is 0 Å². The molecule has 76 valence electrons. The van der Waals surface area contributed by atoms with Crippen LogP contribution < -0.4 is 5.73 Å². The average Bonchev–Trinajstić information content (AvgIpc) is 2.05. The monoisotopic (exact) mass is 183 g/mol. The molecule has 1 unspecified atom stereocenters. The fourth-order valence-corrected chi connectivity index (χ4v) is 1.38. The topological polar surface area (TPSA) is 43.1 Å². The third-order valence-corrected chi connectivity index (χ3v) is 2.30. The molecule has 0 aromatic rings. The Bertz CT molecular complexity index is 163. The lowest BCUT2D eigenvalue weighted by Crippen LogP contribution is -2.28. The fourth-order valence-electron chi connectivity index (χ4n) is 1.38. The highest BCUT2D eigenvalue weighted by Gasteiger charge is 2.19. The Balaban J connectivity index is 3.84. The lowest BCUT2D eigenvalue weighted by atomic mass is 9.89. The van der Waals surface area contributed by atoms with Gasteiger partial charge in [-0.15, -0.1) is 6.58 Å². The number of nitrogens with two attached hydrogens (primary N) is 1. The number of hydrogen-bond donors (Lipinski definition) is 1. The highest BCUT2D eigenvalue weighted by Crippen LogP contribution is 2.13. The summed E-state index contributed by atoms with van der Waals surface area (Å²) in [7, 11) is 0. The summed E-state index contributed by atoms with van der Waals surface area (Å²) >= 11 is 0. The molecule has 13 heavy (non-hydrogen) atoms. The molecule has 0 rings (SSSR count). The summed E-state index contributed by atoms with van der Waals surface area (Å²) in [5.41, 5.74) is 5.54. The molecule has 2 heteroatoms. The fraction of sp³-hybridized carbons (Fsp3) is 0.727. The Labute approximate surface area is 81.2 Å². The Morgan fingerprint density at radius 3 is 2.54 bits per heavy atom. The molecule has 0 saturated carbocycles.